The fraction of sp³-hybridized carbons (Fsp3) is 0.350. The van der Waals surface area contributed by atoms with Gasteiger partial charge in [-0.15, -0.1) is 0 Å². The summed E-state index contributed by atoms with van der Waals surface area (Å²) in [6.07, 6.45) is 4.32. The topological polar surface area (TPSA) is 68.5 Å². The van der Waals surface area contributed by atoms with Crippen molar-refractivity contribution in [3.63, 3.8) is 0 Å². The van der Waals surface area contributed by atoms with E-state index in [1.165, 1.54) is 5.56 Å². The van der Waals surface area contributed by atoms with Crippen molar-refractivity contribution >= 4 is 17.4 Å². The molecule has 136 valence electrons. The van der Waals surface area contributed by atoms with Crippen molar-refractivity contribution in [3.05, 3.63) is 54.4 Å². The molecule has 26 heavy (non-hydrogen) atoms. The molecule has 0 saturated carbocycles. The zero-order valence-corrected chi connectivity index (χ0v) is 15.4. The summed E-state index contributed by atoms with van der Waals surface area (Å²) in [6.45, 7) is 7.04. The zero-order valence-electron chi connectivity index (χ0n) is 15.4. The van der Waals surface area contributed by atoms with Gasteiger partial charge in [0.05, 0.1) is 12.8 Å². The van der Waals surface area contributed by atoms with Gasteiger partial charge in [-0.1, -0.05) is 32.9 Å². The normalized spacial score (nSPS) is 11.5. The molecule has 0 spiro atoms. The van der Waals surface area contributed by atoms with Crippen LogP contribution < -0.4 is 10.1 Å². The molecule has 0 aliphatic rings. The van der Waals surface area contributed by atoms with Gasteiger partial charge in [0.2, 0.25) is 5.91 Å². The Balaban J connectivity index is 1.45. The average Bonchev–Trinajstić information content (AvgIpc) is 3.08. The lowest BCUT2D eigenvalue weighted by atomic mass is 9.87. The number of carbonyl (C=O) groups excluding carboxylic acids is 1. The number of nitrogens with one attached hydrogen (secondary N) is 1. The Hall–Kier alpha value is -2.89. The summed E-state index contributed by atoms with van der Waals surface area (Å²) in [4.78, 5) is 16.3. The summed E-state index contributed by atoms with van der Waals surface area (Å²) in [6, 6.07) is 11.6. The Labute approximate surface area is 153 Å². The minimum absolute atomic E-state index is 0.0697. The summed E-state index contributed by atoms with van der Waals surface area (Å²) in [7, 11) is 0. The average molecular weight is 352 g/mol. The number of carbonyl (C=O) groups is 1. The summed E-state index contributed by atoms with van der Waals surface area (Å²) < 4.78 is 7.33. The smallest absolute Gasteiger partial charge is 0.225 e. The molecule has 3 aromatic rings. The molecule has 0 radical (unpaired) electrons. The highest BCUT2D eigenvalue weighted by molar-refractivity contribution is 5.90. The Morgan fingerprint density at radius 1 is 1.12 bits per heavy atom. The largest absolute Gasteiger partial charge is 0.494 e. The van der Waals surface area contributed by atoms with Crippen LogP contribution >= 0.6 is 0 Å². The van der Waals surface area contributed by atoms with Crippen LogP contribution in [0, 0.1) is 0 Å². The van der Waals surface area contributed by atoms with E-state index < -0.39 is 0 Å². The summed E-state index contributed by atoms with van der Waals surface area (Å²) in [5, 5.41) is 7.01. The molecule has 0 fully saturated rings. The molecule has 0 saturated heterocycles. The van der Waals surface area contributed by atoms with Crippen LogP contribution in [0.4, 0.5) is 5.82 Å². The molecule has 6 heteroatoms. The second kappa shape index (κ2) is 7.56. The molecule has 1 amide bonds. The molecule has 6 nitrogen and oxygen atoms in total. The molecule has 0 bridgehead atoms. The number of hydrogen-bond acceptors (Lipinski definition) is 4. The van der Waals surface area contributed by atoms with Crippen LogP contribution in [0.2, 0.25) is 0 Å². The molecule has 0 atom stereocenters. The first-order valence-electron chi connectivity index (χ1n) is 8.75. The number of nitrogens with zero attached hydrogens (tertiary/aromatic N) is 3. The Morgan fingerprint density at radius 3 is 2.62 bits per heavy atom. The first kappa shape index (κ1) is 17.9. The van der Waals surface area contributed by atoms with E-state index in [0.717, 1.165) is 5.75 Å². The van der Waals surface area contributed by atoms with E-state index in [9.17, 15) is 4.79 Å². The van der Waals surface area contributed by atoms with Crippen LogP contribution in [-0.2, 0) is 10.2 Å². The monoisotopic (exact) mass is 352 g/mol. The lowest BCUT2D eigenvalue weighted by molar-refractivity contribution is -0.116. The predicted molar refractivity (Wildman–Crippen MR) is 101 cm³/mol. The van der Waals surface area contributed by atoms with Crippen molar-refractivity contribution in [3.8, 4) is 5.75 Å². The predicted octanol–water partition coefficient (Wildman–Crippen LogP) is 3.82. The molecule has 1 N–H and O–H groups in total. The van der Waals surface area contributed by atoms with Crippen LogP contribution in [0.1, 0.15) is 39.2 Å². The fourth-order valence-corrected chi connectivity index (χ4v) is 2.61. The van der Waals surface area contributed by atoms with Crippen LogP contribution in [0.3, 0.4) is 0 Å². The van der Waals surface area contributed by atoms with Gasteiger partial charge < -0.3 is 10.1 Å². The fourth-order valence-electron chi connectivity index (χ4n) is 2.61. The Bertz CT molecular complexity index is 879. The van der Waals surface area contributed by atoms with Gasteiger partial charge in [-0.05, 0) is 35.6 Å². The number of ether oxygens (including phenoxy) is 1. The van der Waals surface area contributed by atoms with Gasteiger partial charge in [0.15, 0.2) is 5.65 Å². The molecule has 2 aromatic heterocycles. The second-order valence-electron chi connectivity index (χ2n) is 7.21. The SMILES string of the molecule is CC(C)(C)c1ccc(OCCCC(=O)Nc2ccnc3ccnn23)cc1. The van der Waals surface area contributed by atoms with E-state index in [4.69, 9.17) is 4.74 Å². The van der Waals surface area contributed by atoms with Gasteiger partial charge in [-0.25, -0.2) is 4.98 Å². The van der Waals surface area contributed by atoms with E-state index in [1.54, 1.807) is 29.0 Å². The van der Waals surface area contributed by atoms with Crippen molar-refractivity contribution in [1.82, 2.24) is 14.6 Å². The van der Waals surface area contributed by atoms with Crippen molar-refractivity contribution in [1.29, 1.82) is 0 Å². The number of benzene rings is 1. The molecule has 2 heterocycles. The molecule has 3 rings (SSSR count). The van der Waals surface area contributed by atoms with Gasteiger partial charge in [0.1, 0.15) is 11.6 Å². The van der Waals surface area contributed by atoms with Crippen molar-refractivity contribution in [2.24, 2.45) is 0 Å². The van der Waals surface area contributed by atoms with Crippen molar-refractivity contribution < 1.29 is 9.53 Å². The standard InChI is InChI=1S/C20H24N4O2/c1-20(2,3)15-6-8-16(9-7-15)26-14-4-5-19(25)23-18-10-12-21-17-11-13-22-24(17)18/h6-13H,4-5,14H2,1-3H3,(H,23,25). The van der Waals surface area contributed by atoms with Crippen LogP contribution in [0.5, 0.6) is 5.75 Å². The number of rotatable bonds is 6. The van der Waals surface area contributed by atoms with Crippen LogP contribution in [0.25, 0.3) is 5.65 Å². The van der Waals surface area contributed by atoms with E-state index in [2.05, 4.69) is 48.3 Å². The van der Waals surface area contributed by atoms with Crippen LogP contribution in [0.15, 0.2) is 48.8 Å². The molecular formula is C20H24N4O2. The third-order valence-electron chi connectivity index (χ3n) is 4.09. The summed E-state index contributed by atoms with van der Waals surface area (Å²) in [5.41, 5.74) is 2.10. The Kier molecular flexibility index (Phi) is 5.21. The van der Waals surface area contributed by atoms with E-state index in [1.807, 2.05) is 12.1 Å². The first-order valence-corrected chi connectivity index (χ1v) is 8.75. The molecule has 1 aromatic carbocycles. The lowest BCUT2D eigenvalue weighted by Gasteiger charge is -2.19. The van der Waals surface area contributed by atoms with Gasteiger partial charge in [0, 0.05) is 18.7 Å². The highest BCUT2D eigenvalue weighted by Crippen LogP contribution is 2.24. The third kappa shape index (κ3) is 4.39. The number of amides is 1. The maximum absolute atomic E-state index is 12.1. The lowest BCUT2D eigenvalue weighted by Crippen LogP contribution is -2.15. The van der Waals surface area contributed by atoms with E-state index >= 15 is 0 Å². The minimum atomic E-state index is -0.0697. The summed E-state index contributed by atoms with van der Waals surface area (Å²) >= 11 is 0. The van der Waals surface area contributed by atoms with Crippen molar-refractivity contribution in [2.75, 3.05) is 11.9 Å². The highest BCUT2D eigenvalue weighted by Gasteiger charge is 2.13. The van der Waals surface area contributed by atoms with Crippen LogP contribution in [-0.4, -0.2) is 27.1 Å². The maximum atomic E-state index is 12.1. The molecule has 0 unspecified atom stereocenters. The number of fused-ring (bicyclic) bond motifs is 1. The molecular weight excluding hydrogens is 328 g/mol. The molecule has 0 aliphatic carbocycles. The quantitative estimate of drug-likeness (QED) is 0.685. The summed E-state index contributed by atoms with van der Waals surface area (Å²) in [5.74, 6) is 1.37. The van der Waals surface area contributed by atoms with E-state index in [-0.39, 0.29) is 11.3 Å². The van der Waals surface area contributed by atoms with Gasteiger partial charge >= 0.3 is 0 Å². The van der Waals surface area contributed by atoms with E-state index in [0.29, 0.717) is 30.9 Å². The van der Waals surface area contributed by atoms with Gasteiger partial charge in [-0.2, -0.15) is 9.61 Å². The Morgan fingerprint density at radius 2 is 1.88 bits per heavy atom. The van der Waals surface area contributed by atoms with Gasteiger partial charge in [-0.3, -0.25) is 4.79 Å². The zero-order chi connectivity index (χ0) is 18.6. The second-order valence-corrected chi connectivity index (χ2v) is 7.21. The third-order valence-corrected chi connectivity index (χ3v) is 4.09. The molecule has 0 aliphatic heterocycles. The van der Waals surface area contributed by atoms with Crippen molar-refractivity contribution in [2.45, 2.75) is 39.0 Å². The number of aromatic nitrogens is 3. The maximum Gasteiger partial charge on any atom is 0.225 e. The highest BCUT2D eigenvalue weighted by atomic mass is 16.5. The van der Waals surface area contributed by atoms with Gasteiger partial charge in [0.25, 0.3) is 0 Å². The number of anilines is 1. The minimum Gasteiger partial charge on any atom is -0.494 e. The first-order chi connectivity index (χ1) is 12.4. The number of hydrogen-bond donors (Lipinski definition) is 1.